The average Bonchev–Trinajstić information content (AvgIpc) is 2.31. The predicted molar refractivity (Wildman–Crippen MR) is 62.2 cm³/mol. The Morgan fingerprint density at radius 1 is 1.25 bits per heavy atom. The molecule has 0 bridgehead atoms. The third-order valence-electron chi connectivity index (χ3n) is 2.72. The average molecular weight is 291 g/mol. The smallest absolute Gasteiger partial charge is 0.173 e. The molecule has 1 heterocycles. The number of piperazine rings is 1. The van der Waals surface area contributed by atoms with Crippen molar-refractivity contribution in [3.63, 3.8) is 0 Å². The van der Waals surface area contributed by atoms with Crippen LogP contribution in [-0.2, 0) is 6.54 Å². The highest BCUT2D eigenvalue weighted by Crippen LogP contribution is 2.24. The maximum Gasteiger partial charge on any atom is 0.173 e. The van der Waals surface area contributed by atoms with Crippen LogP contribution < -0.4 is 5.32 Å². The standard InChI is InChI=1S/C11H13BrF2N2/c12-10-8(1-2-9(13)11(10)14)7-16-5-3-15-4-6-16/h1-2,15H,3-7H2. The lowest BCUT2D eigenvalue weighted by Gasteiger charge is -2.27. The lowest BCUT2D eigenvalue weighted by Crippen LogP contribution is -2.42. The third kappa shape index (κ3) is 2.59. The van der Waals surface area contributed by atoms with Crippen molar-refractivity contribution in [2.24, 2.45) is 0 Å². The lowest BCUT2D eigenvalue weighted by atomic mass is 10.2. The number of nitrogens with zero attached hydrogens (tertiary/aromatic N) is 1. The quantitative estimate of drug-likeness (QED) is 0.840. The van der Waals surface area contributed by atoms with E-state index in [4.69, 9.17) is 0 Å². The molecule has 1 aromatic rings. The highest BCUT2D eigenvalue weighted by atomic mass is 79.9. The SMILES string of the molecule is Fc1ccc(CN2CCNCC2)c(Br)c1F. The van der Waals surface area contributed by atoms with Crippen molar-refractivity contribution in [2.75, 3.05) is 26.2 Å². The second-order valence-corrected chi connectivity index (χ2v) is 4.65. The Balaban J connectivity index is 2.11. The van der Waals surface area contributed by atoms with E-state index < -0.39 is 11.6 Å². The van der Waals surface area contributed by atoms with E-state index in [0.717, 1.165) is 31.7 Å². The summed E-state index contributed by atoms with van der Waals surface area (Å²) in [5, 5.41) is 3.25. The molecule has 0 spiro atoms. The molecule has 5 heteroatoms. The Kier molecular flexibility index (Phi) is 3.89. The monoisotopic (exact) mass is 290 g/mol. The van der Waals surface area contributed by atoms with Crippen LogP contribution in [0.2, 0.25) is 0 Å². The summed E-state index contributed by atoms with van der Waals surface area (Å²) in [7, 11) is 0. The van der Waals surface area contributed by atoms with E-state index in [-0.39, 0.29) is 4.47 Å². The van der Waals surface area contributed by atoms with Gasteiger partial charge in [-0.15, -0.1) is 0 Å². The van der Waals surface area contributed by atoms with Crippen LogP contribution in [0.15, 0.2) is 16.6 Å². The fourth-order valence-electron chi connectivity index (χ4n) is 1.80. The first-order chi connectivity index (χ1) is 7.68. The molecule has 1 aromatic carbocycles. The number of hydrogen-bond donors (Lipinski definition) is 1. The summed E-state index contributed by atoms with van der Waals surface area (Å²) in [4.78, 5) is 2.22. The van der Waals surface area contributed by atoms with Crippen LogP contribution in [0.1, 0.15) is 5.56 Å². The molecule has 2 nitrogen and oxygen atoms in total. The van der Waals surface area contributed by atoms with Gasteiger partial charge >= 0.3 is 0 Å². The molecule has 16 heavy (non-hydrogen) atoms. The van der Waals surface area contributed by atoms with Gasteiger partial charge in [0.25, 0.3) is 0 Å². The summed E-state index contributed by atoms with van der Waals surface area (Å²) in [6.45, 7) is 4.42. The Morgan fingerprint density at radius 3 is 2.62 bits per heavy atom. The zero-order valence-electron chi connectivity index (χ0n) is 8.77. The first-order valence-electron chi connectivity index (χ1n) is 5.24. The molecule has 1 saturated heterocycles. The summed E-state index contributed by atoms with van der Waals surface area (Å²) < 4.78 is 26.4. The highest BCUT2D eigenvalue weighted by molar-refractivity contribution is 9.10. The number of hydrogen-bond acceptors (Lipinski definition) is 2. The van der Waals surface area contributed by atoms with Gasteiger partial charge < -0.3 is 5.32 Å². The third-order valence-corrected chi connectivity index (χ3v) is 3.58. The van der Waals surface area contributed by atoms with Crippen LogP contribution in [0.3, 0.4) is 0 Å². The molecular weight excluding hydrogens is 278 g/mol. The second kappa shape index (κ2) is 5.21. The highest BCUT2D eigenvalue weighted by Gasteiger charge is 2.15. The molecule has 0 aromatic heterocycles. The van der Waals surface area contributed by atoms with Crippen LogP contribution in [0, 0.1) is 11.6 Å². The molecule has 1 aliphatic heterocycles. The van der Waals surface area contributed by atoms with Gasteiger partial charge in [0.1, 0.15) is 0 Å². The maximum atomic E-state index is 13.3. The molecule has 2 rings (SSSR count). The van der Waals surface area contributed by atoms with Gasteiger partial charge in [-0.05, 0) is 27.6 Å². The van der Waals surface area contributed by atoms with Crippen LogP contribution in [0.25, 0.3) is 0 Å². The molecule has 1 N–H and O–H groups in total. The van der Waals surface area contributed by atoms with E-state index in [9.17, 15) is 8.78 Å². The first kappa shape index (κ1) is 12.0. The molecule has 1 fully saturated rings. The number of benzene rings is 1. The fraction of sp³-hybridized carbons (Fsp3) is 0.455. The van der Waals surface area contributed by atoms with Crippen LogP contribution in [0.5, 0.6) is 0 Å². The van der Waals surface area contributed by atoms with Gasteiger partial charge in [-0.1, -0.05) is 6.07 Å². The fourth-order valence-corrected chi connectivity index (χ4v) is 2.25. The van der Waals surface area contributed by atoms with E-state index in [1.165, 1.54) is 6.07 Å². The second-order valence-electron chi connectivity index (χ2n) is 3.86. The molecule has 0 amide bonds. The zero-order chi connectivity index (χ0) is 11.5. The molecular formula is C11H13BrF2N2. The van der Waals surface area contributed by atoms with Gasteiger partial charge in [0.15, 0.2) is 11.6 Å². The topological polar surface area (TPSA) is 15.3 Å². The minimum Gasteiger partial charge on any atom is -0.314 e. The summed E-state index contributed by atoms with van der Waals surface area (Å²) in [5.74, 6) is -1.61. The van der Waals surface area contributed by atoms with Crippen LogP contribution >= 0.6 is 15.9 Å². The van der Waals surface area contributed by atoms with Crippen molar-refractivity contribution >= 4 is 15.9 Å². The van der Waals surface area contributed by atoms with Gasteiger partial charge in [0.05, 0.1) is 4.47 Å². The lowest BCUT2D eigenvalue weighted by molar-refractivity contribution is 0.232. The summed E-state index contributed by atoms with van der Waals surface area (Å²) in [6.07, 6.45) is 0. The van der Waals surface area contributed by atoms with Gasteiger partial charge in [-0.3, -0.25) is 4.90 Å². The Labute approximate surface area is 102 Å². The molecule has 1 aliphatic rings. The maximum absolute atomic E-state index is 13.3. The largest absolute Gasteiger partial charge is 0.314 e. The molecule has 0 saturated carbocycles. The summed E-state index contributed by atoms with van der Waals surface area (Å²) >= 11 is 3.10. The number of halogens is 3. The van der Waals surface area contributed by atoms with Crippen molar-refractivity contribution < 1.29 is 8.78 Å². The van der Waals surface area contributed by atoms with Crippen molar-refractivity contribution in [1.29, 1.82) is 0 Å². The number of nitrogens with one attached hydrogen (secondary N) is 1. The molecule has 88 valence electrons. The number of rotatable bonds is 2. The first-order valence-corrected chi connectivity index (χ1v) is 6.03. The van der Waals surface area contributed by atoms with Gasteiger partial charge in [0, 0.05) is 32.7 Å². The predicted octanol–water partition coefficient (Wildman–Crippen LogP) is 2.13. The minimum atomic E-state index is -0.809. The van der Waals surface area contributed by atoms with Crippen LogP contribution in [0.4, 0.5) is 8.78 Å². The summed E-state index contributed by atoms with van der Waals surface area (Å²) in [6, 6.07) is 2.81. The van der Waals surface area contributed by atoms with Crippen molar-refractivity contribution in [3.05, 3.63) is 33.8 Å². The Hall–Kier alpha value is -0.520. The van der Waals surface area contributed by atoms with Crippen molar-refractivity contribution in [2.45, 2.75) is 6.54 Å². The van der Waals surface area contributed by atoms with E-state index >= 15 is 0 Å². The van der Waals surface area contributed by atoms with Gasteiger partial charge in [-0.2, -0.15) is 0 Å². The summed E-state index contributed by atoms with van der Waals surface area (Å²) in [5.41, 5.74) is 0.792. The van der Waals surface area contributed by atoms with E-state index in [1.807, 2.05) is 0 Å². The van der Waals surface area contributed by atoms with Crippen molar-refractivity contribution in [1.82, 2.24) is 10.2 Å². The molecule has 0 unspecified atom stereocenters. The van der Waals surface area contributed by atoms with E-state index in [1.54, 1.807) is 6.07 Å². The van der Waals surface area contributed by atoms with Gasteiger partial charge in [0.2, 0.25) is 0 Å². The molecule has 0 atom stereocenters. The minimum absolute atomic E-state index is 0.242. The Bertz CT molecular complexity index is 378. The van der Waals surface area contributed by atoms with E-state index in [0.29, 0.717) is 6.54 Å². The normalized spacial score (nSPS) is 17.7. The zero-order valence-corrected chi connectivity index (χ0v) is 10.4. The molecule has 0 radical (unpaired) electrons. The van der Waals surface area contributed by atoms with Crippen LogP contribution in [-0.4, -0.2) is 31.1 Å². The van der Waals surface area contributed by atoms with E-state index in [2.05, 4.69) is 26.1 Å². The molecule has 0 aliphatic carbocycles. The van der Waals surface area contributed by atoms with Crippen molar-refractivity contribution in [3.8, 4) is 0 Å². The Morgan fingerprint density at radius 2 is 1.94 bits per heavy atom. The van der Waals surface area contributed by atoms with Gasteiger partial charge in [-0.25, -0.2) is 8.78 Å².